The molecule has 3 heterocycles. The molecule has 0 saturated heterocycles. The first kappa shape index (κ1) is 12.0. The summed E-state index contributed by atoms with van der Waals surface area (Å²) in [6.07, 6.45) is 4.45. The SMILES string of the molecule is Nc1n[nH]c(-c2ccc3c(c2)CCO3)c1-c1ccncc1. The number of rotatable bonds is 2. The number of aromatic nitrogens is 3. The Labute approximate surface area is 121 Å². The van der Waals surface area contributed by atoms with Crippen LogP contribution in [0.4, 0.5) is 5.82 Å². The van der Waals surface area contributed by atoms with E-state index in [9.17, 15) is 0 Å². The van der Waals surface area contributed by atoms with Gasteiger partial charge in [0.25, 0.3) is 0 Å². The zero-order valence-corrected chi connectivity index (χ0v) is 11.3. The van der Waals surface area contributed by atoms with E-state index in [4.69, 9.17) is 10.5 Å². The molecular weight excluding hydrogens is 264 g/mol. The molecule has 3 N–H and O–H groups in total. The van der Waals surface area contributed by atoms with Gasteiger partial charge in [0.2, 0.25) is 0 Å². The van der Waals surface area contributed by atoms with Gasteiger partial charge in [-0.05, 0) is 41.5 Å². The first-order chi connectivity index (χ1) is 10.3. The Bertz CT molecular complexity index is 795. The minimum absolute atomic E-state index is 0.493. The maximum atomic E-state index is 6.04. The van der Waals surface area contributed by atoms with Crippen molar-refractivity contribution < 1.29 is 4.74 Å². The van der Waals surface area contributed by atoms with Gasteiger partial charge in [-0.15, -0.1) is 0 Å². The normalized spacial score (nSPS) is 13.0. The molecule has 2 aromatic heterocycles. The van der Waals surface area contributed by atoms with Crippen molar-refractivity contribution in [1.29, 1.82) is 0 Å². The molecule has 0 spiro atoms. The van der Waals surface area contributed by atoms with Crippen LogP contribution in [-0.4, -0.2) is 21.8 Å². The Kier molecular flexibility index (Phi) is 2.64. The highest BCUT2D eigenvalue weighted by Crippen LogP contribution is 2.37. The fourth-order valence-electron chi connectivity index (χ4n) is 2.72. The summed E-state index contributed by atoms with van der Waals surface area (Å²) in [6.45, 7) is 0.751. The number of hydrogen-bond donors (Lipinski definition) is 2. The maximum absolute atomic E-state index is 6.04. The van der Waals surface area contributed by atoms with Gasteiger partial charge in [0.15, 0.2) is 5.82 Å². The van der Waals surface area contributed by atoms with Crippen molar-refractivity contribution in [1.82, 2.24) is 15.2 Å². The van der Waals surface area contributed by atoms with Crippen LogP contribution in [0.25, 0.3) is 22.4 Å². The van der Waals surface area contributed by atoms with Crippen molar-refractivity contribution in [2.45, 2.75) is 6.42 Å². The molecule has 5 heteroatoms. The number of nitrogens with zero attached hydrogens (tertiary/aromatic N) is 2. The molecule has 0 atom stereocenters. The molecule has 1 aliphatic rings. The highest BCUT2D eigenvalue weighted by molar-refractivity contribution is 5.87. The number of hydrogen-bond acceptors (Lipinski definition) is 4. The second kappa shape index (κ2) is 4.63. The molecule has 5 nitrogen and oxygen atoms in total. The van der Waals surface area contributed by atoms with Gasteiger partial charge >= 0.3 is 0 Å². The van der Waals surface area contributed by atoms with Crippen LogP contribution < -0.4 is 10.5 Å². The minimum Gasteiger partial charge on any atom is -0.493 e. The number of nitrogen functional groups attached to an aromatic ring is 1. The molecule has 0 radical (unpaired) electrons. The molecule has 104 valence electrons. The monoisotopic (exact) mass is 278 g/mol. The van der Waals surface area contributed by atoms with Crippen molar-refractivity contribution >= 4 is 5.82 Å². The van der Waals surface area contributed by atoms with E-state index in [1.165, 1.54) is 5.56 Å². The van der Waals surface area contributed by atoms with Crippen LogP contribution in [0.15, 0.2) is 42.7 Å². The number of benzene rings is 1. The summed E-state index contributed by atoms with van der Waals surface area (Å²) in [6, 6.07) is 10.0. The number of anilines is 1. The largest absolute Gasteiger partial charge is 0.493 e. The highest BCUT2D eigenvalue weighted by Gasteiger charge is 2.18. The fraction of sp³-hybridized carbons (Fsp3) is 0.125. The van der Waals surface area contributed by atoms with Gasteiger partial charge < -0.3 is 10.5 Å². The molecular formula is C16H14N4O. The van der Waals surface area contributed by atoms with Gasteiger partial charge in [-0.2, -0.15) is 5.10 Å². The van der Waals surface area contributed by atoms with Gasteiger partial charge in [0.1, 0.15) is 5.75 Å². The predicted octanol–water partition coefficient (Wildman–Crippen LogP) is 2.66. The van der Waals surface area contributed by atoms with E-state index in [2.05, 4.69) is 21.2 Å². The summed E-state index contributed by atoms with van der Waals surface area (Å²) < 4.78 is 5.55. The molecule has 21 heavy (non-hydrogen) atoms. The smallest absolute Gasteiger partial charge is 0.153 e. The van der Waals surface area contributed by atoms with Crippen molar-refractivity contribution in [3.8, 4) is 28.1 Å². The van der Waals surface area contributed by atoms with E-state index in [0.717, 1.165) is 41.2 Å². The number of pyridine rings is 1. The molecule has 0 aliphatic carbocycles. The van der Waals surface area contributed by atoms with Crippen LogP contribution in [0.1, 0.15) is 5.56 Å². The minimum atomic E-state index is 0.493. The molecule has 0 bridgehead atoms. The van der Waals surface area contributed by atoms with Crippen LogP contribution >= 0.6 is 0 Å². The summed E-state index contributed by atoms with van der Waals surface area (Å²) in [5, 5.41) is 7.21. The molecule has 0 fully saturated rings. The molecule has 0 saturated carbocycles. The molecule has 1 aromatic carbocycles. The first-order valence-electron chi connectivity index (χ1n) is 6.83. The van der Waals surface area contributed by atoms with E-state index < -0.39 is 0 Å². The van der Waals surface area contributed by atoms with Gasteiger partial charge in [0.05, 0.1) is 17.9 Å². The average Bonchev–Trinajstić information content (AvgIpc) is 3.13. The van der Waals surface area contributed by atoms with Crippen molar-refractivity contribution in [2.24, 2.45) is 0 Å². The van der Waals surface area contributed by atoms with Gasteiger partial charge in [-0.1, -0.05) is 0 Å². The number of ether oxygens (including phenoxy) is 1. The van der Waals surface area contributed by atoms with Crippen molar-refractivity contribution in [2.75, 3.05) is 12.3 Å². The van der Waals surface area contributed by atoms with Crippen molar-refractivity contribution in [3.63, 3.8) is 0 Å². The lowest BCUT2D eigenvalue weighted by atomic mass is 10.00. The predicted molar refractivity (Wildman–Crippen MR) is 80.9 cm³/mol. The molecule has 4 rings (SSSR count). The summed E-state index contributed by atoms with van der Waals surface area (Å²) in [5.41, 5.74) is 11.2. The lowest BCUT2D eigenvalue weighted by Gasteiger charge is -2.06. The second-order valence-electron chi connectivity index (χ2n) is 5.02. The summed E-state index contributed by atoms with van der Waals surface area (Å²) >= 11 is 0. The lowest BCUT2D eigenvalue weighted by Crippen LogP contribution is -1.89. The van der Waals surface area contributed by atoms with Crippen LogP contribution in [-0.2, 0) is 6.42 Å². The number of nitrogens with one attached hydrogen (secondary N) is 1. The Balaban J connectivity index is 1.87. The van der Waals surface area contributed by atoms with Crippen LogP contribution in [0.3, 0.4) is 0 Å². The van der Waals surface area contributed by atoms with Crippen LogP contribution in [0.5, 0.6) is 5.75 Å². The fourth-order valence-corrected chi connectivity index (χ4v) is 2.72. The standard InChI is InChI=1S/C16H14N4O/c17-16-14(10-3-6-18-7-4-10)15(19-20-16)12-1-2-13-11(9-12)5-8-21-13/h1-4,6-7,9H,5,8H2,(H3,17,19,20). The number of H-pyrrole nitrogens is 1. The van der Waals surface area contributed by atoms with Gasteiger partial charge in [-0.25, -0.2) is 0 Å². The highest BCUT2D eigenvalue weighted by atomic mass is 16.5. The Morgan fingerprint density at radius 1 is 1.10 bits per heavy atom. The molecule has 0 unspecified atom stereocenters. The topological polar surface area (TPSA) is 76.8 Å². The quantitative estimate of drug-likeness (QED) is 0.755. The zero-order chi connectivity index (χ0) is 14.2. The third kappa shape index (κ3) is 1.94. The second-order valence-corrected chi connectivity index (χ2v) is 5.02. The number of aromatic amines is 1. The summed E-state index contributed by atoms with van der Waals surface area (Å²) in [7, 11) is 0. The van der Waals surface area contributed by atoms with Gasteiger partial charge in [-0.3, -0.25) is 10.1 Å². The average molecular weight is 278 g/mol. The van der Waals surface area contributed by atoms with E-state index in [1.807, 2.05) is 24.3 Å². The Morgan fingerprint density at radius 3 is 2.81 bits per heavy atom. The Hall–Kier alpha value is -2.82. The van der Waals surface area contributed by atoms with E-state index in [0.29, 0.717) is 5.82 Å². The number of fused-ring (bicyclic) bond motifs is 1. The van der Waals surface area contributed by atoms with Gasteiger partial charge in [0, 0.05) is 24.4 Å². The third-order valence-electron chi connectivity index (χ3n) is 3.74. The summed E-state index contributed by atoms with van der Waals surface area (Å²) in [5.74, 6) is 1.46. The first-order valence-corrected chi connectivity index (χ1v) is 6.83. The van der Waals surface area contributed by atoms with Crippen LogP contribution in [0, 0.1) is 0 Å². The molecule has 1 aliphatic heterocycles. The maximum Gasteiger partial charge on any atom is 0.153 e. The third-order valence-corrected chi connectivity index (χ3v) is 3.74. The number of nitrogens with two attached hydrogens (primary N) is 1. The van der Waals surface area contributed by atoms with E-state index >= 15 is 0 Å². The Morgan fingerprint density at radius 2 is 1.95 bits per heavy atom. The van der Waals surface area contributed by atoms with Crippen LogP contribution in [0.2, 0.25) is 0 Å². The van der Waals surface area contributed by atoms with E-state index in [1.54, 1.807) is 12.4 Å². The zero-order valence-electron chi connectivity index (χ0n) is 11.3. The molecule has 0 amide bonds. The van der Waals surface area contributed by atoms with E-state index in [-0.39, 0.29) is 0 Å². The summed E-state index contributed by atoms with van der Waals surface area (Å²) in [4.78, 5) is 4.05. The van der Waals surface area contributed by atoms with Crippen molar-refractivity contribution in [3.05, 3.63) is 48.3 Å². The lowest BCUT2D eigenvalue weighted by molar-refractivity contribution is 0.357. The molecule has 3 aromatic rings.